The molecule has 0 bridgehead atoms. The fraction of sp³-hybridized carbons (Fsp3) is 0.211. The summed E-state index contributed by atoms with van der Waals surface area (Å²) in [6, 6.07) is 81.7. The van der Waals surface area contributed by atoms with Gasteiger partial charge in [-0.2, -0.15) is 0 Å². The van der Waals surface area contributed by atoms with E-state index in [-0.39, 0.29) is 5.41 Å². The number of para-hydroxylation sites is 1. The van der Waals surface area contributed by atoms with Crippen LogP contribution in [0.4, 0.5) is 17.1 Å². The van der Waals surface area contributed by atoms with Crippen molar-refractivity contribution in [2.75, 3.05) is 4.90 Å². The van der Waals surface area contributed by atoms with Crippen LogP contribution in [0.25, 0.3) is 72.0 Å². The molecule has 0 N–H and O–H groups in total. The van der Waals surface area contributed by atoms with Crippen LogP contribution in [-0.2, 0) is 29.4 Å². The predicted molar refractivity (Wildman–Crippen MR) is 346 cm³/mol. The van der Waals surface area contributed by atoms with E-state index in [9.17, 15) is 0 Å². The highest BCUT2D eigenvalue weighted by atomic mass is 16.7. The smallest absolute Gasteiger partial charge is 0.399 e. The minimum atomic E-state index is -0.728. The fourth-order valence-electron chi connectivity index (χ4n) is 14.7. The van der Waals surface area contributed by atoms with Crippen LogP contribution in [0.1, 0.15) is 103 Å². The van der Waals surface area contributed by atoms with E-state index in [1.807, 2.05) is 0 Å². The van der Waals surface area contributed by atoms with Gasteiger partial charge in [-0.15, -0.1) is 0 Å². The Morgan fingerprint density at radius 2 is 0.857 bits per heavy atom. The monoisotopic (exact) mass is 1090 g/mol. The topological polar surface area (TPSA) is 45.1 Å². The molecule has 0 unspecified atom stereocenters. The molecule has 2 saturated heterocycles. The zero-order valence-electron chi connectivity index (χ0n) is 49.5. The molecule has 3 aliphatic heterocycles. The van der Waals surface area contributed by atoms with Crippen molar-refractivity contribution in [3.05, 3.63) is 252 Å². The van der Waals surface area contributed by atoms with Gasteiger partial charge in [-0.1, -0.05) is 184 Å². The molecule has 6 nitrogen and oxygen atoms in total. The quantitative estimate of drug-likeness (QED) is 0.149. The van der Waals surface area contributed by atoms with Crippen LogP contribution < -0.4 is 15.8 Å². The van der Waals surface area contributed by atoms with Gasteiger partial charge in [-0.05, 0) is 187 Å². The summed E-state index contributed by atoms with van der Waals surface area (Å²) < 4.78 is 30.0. The van der Waals surface area contributed by atoms with Crippen LogP contribution in [0.15, 0.2) is 218 Å². The second kappa shape index (κ2) is 17.7. The van der Waals surface area contributed by atoms with E-state index >= 15 is 0 Å². The summed E-state index contributed by atoms with van der Waals surface area (Å²) in [7, 11) is -1.13. The largest absolute Gasteiger partial charge is 0.494 e. The number of anilines is 3. The van der Waals surface area contributed by atoms with E-state index in [1.165, 1.54) is 72.3 Å². The Morgan fingerprint density at radius 1 is 0.345 bits per heavy atom. The third-order valence-corrected chi connectivity index (χ3v) is 20.5. The lowest BCUT2D eigenvalue weighted by atomic mass is 9.63. The second-order valence-corrected chi connectivity index (χ2v) is 26.5. The van der Waals surface area contributed by atoms with Crippen molar-refractivity contribution in [2.45, 2.75) is 102 Å². The number of benzene rings is 10. The lowest BCUT2D eigenvalue weighted by Crippen LogP contribution is -2.41. The molecule has 10 aromatic carbocycles. The lowest BCUT2D eigenvalue weighted by molar-refractivity contribution is 0.00578. The van der Waals surface area contributed by atoms with E-state index in [0.29, 0.717) is 0 Å². The van der Waals surface area contributed by atoms with Crippen LogP contribution in [0.2, 0.25) is 0 Å². The summed E-state index contributed by atoms with van der Waals surface area (Å²) >= 11 is 0. The highest BCUT2D eigenvalue weighted by Gasteiger charge is 2.56. The maximum absolute atomic E-state index is 7.00. The molecule has 0 saturated carbocycles. The maximum Gasteiger partial charge on any atom is 0.494 e. The molecular formula is C76H66B2N2O4. The third kappa shape index (κ3) is 7.09. The van der Waals surface area contributed by atoms with Gasteiger partial charge in [0.2, 0.25) is 0 Å². The molecule has 84 heavy (non-hydrogen) atoms. The van der Waals surface area contributed by atoms with Gasteiger partial charge in [0.15, 0.2) is 0 Å². The Labute approximate surface area is 493 Å². The number of aromatic nitrogens is 1. The molecule has 0 atom stereocenters. The minimum Gasteiger partial charge on any atom is -0.399 e. The Kier molecular flexibility index (Phi) is 10.8. The van der Waals surface area contributed by atoms with Crippen LogP contribution in [0.5, 0.6) is 0 Å². The van der Waals surface area contributed by atoms with Crippen LogP contribution in [-0.4, -0.2) is 41.2 Å². The van der Waals surface area contributed by atoms with Gasteiger partial charge in [-0.3, -0.25) is 0 Å². The van der Waals surface area contributed by atoms with Crippen molar-refractivity contribution >= 4 is 64.0 Å². The molecule has 11 aromatic rings. The summed E-state index contributed by atoms with van der Waals surface area (Å²) in [6.45, 7) is 21.8. The predicted octanol–water partition coefficient (Wildman–Crippen LogP) is 17.2. The molecule has 0 amide bonds. The molecular weight excluding hydrogens is 1030 g/mol. The van der Waals surface area contributed by atoms with Gasteiger partial charge in [0.05, 0.1) is 50.2 Å². The lowest BCUT2D eigenvalue weighted by Gasteiger charge is -2.40. The van der Waals surface area contributed by atoms with Crippen molar-refractivity contribution in [1.29, 1.82) is 0 Å². The summed E-state index contributed by atoms with van der Waals surface area (Å²) in [5, 5.41) is 2.25. The highest BCUT2D eigenvalue weighted by Crippen LogP contribution is 2.62. The van der Waals surface area contributed by atoms with E-state index in [4.69, 9.17) is 18.6 Å². The van der Waals surface area contributed by atoms with Crippen molar-refractivity contribution in [3.63, 3.8) is 0 Å². The number of rotatable bonds is 7. The van der Waals surface area contributed by atoms with Crippen LogP contribution >= 0.6 is 0 Å². The fourth-order valence-corrected chi connectivity index (χ4v) is 14.7. The number of hydrogen-bond donors (Lipinski definition) is 0. The first-order valence-electron chi connectivity index (χ1n) is 29.8. The first-order valence-corrected chi connectivity index (χ1v) is 29.8. The van der Waals surface area contributed by atoms with Crippen molar-refractivity contribution in [2.24, 2.45) is 0 Å². The summed E-state index contributed by atoms with van der Waals surface area (Å²) in [6.07, 6.45) is 0. The van der Waals surface area contributed by atoms with Crippen molar-refractivity contribution in [1.82, 2.24) is 4.57 Å². The zero-order valence-corrected chi connectivity index (χ0v) is 49.5. The molecule has 2 aliphatic carbocycles. The summed E-state index contributed by atoms with van der Waals surface area (Å²) in [5.41, 5.74) is 23.1. The summed E-state index contributed by atoms with van der Waals surface area (Å²) in [4.78, 5) is 2.45. The highest BCUT2D eigenvalue weighted by molar-refractivity contribution is 6.63. The molecule has 0 radical (unpaired) electrons. The van der Waals surface area contributed by atoms with E-state index in [1.54, 1.807) is 0 Å². The Bertz CT molecular complexity index is 4500. The Morgan fingerprint density at radius 3 is 1.50 bits per heavy atom. The van der Waals surface area contributed by atoms with Gasteiger partial charge in [0.1, 0.15) is 0 Å². The van der Waals surface area contributed by atoms with Crippen molar-refractivity contribution in [3.8, 4) is 50.2 Å². The Hall–Kier alpha value is -8.23. The van der Waals surface area contributed by atoms with Crippen LogP contribution in [0, 0.1) is 0 Å². The van der Waals surface area contributed by atoms with Gasteiger partial charge in [-0.25, -0.2) is 0 Å². The molecule has 410 valence electrons. The maximum atomic E-state index is 7.00. The van der Waals surface area contributed by atoms with Gasteiger partial charge >= 0.3 is 14.2 Å². The van der Waals surface area contributed by atoms with Crippen LogP contribution in [0.3, 0.4) is 0 Å². The average Bonchev–Trinajstić information content (AvgIpc) is 1.49. The SMILES string of the molecule is CC1(C)c2ccccc2-c2ccc(N(c3ccc(-c4ccc5c(c4)C4(c6ccccc6-c6ccccc64)c4cc(B6OC(C)(C)C(C)(C)O6)cc6c7cc(B8OC(C)(C)C(C)(C)O8)ccc7n-5c46)cc3)c3ccccc3-c3ccccc3)cc21. The molecule has 8 heteroatoms. The number of fused-ring (bicyclic) bond motifs is 15. The first-order chi connectivity index (χ1) is 40.4. The van der Waals surface area contributed by atoms with Gasteiger partial charge in [0.25, 0.3) is 0 Å². The normalized spacial score (nSPS) is 18.2. The van der Waals surface area contributed by atoms with E-state index in [0.717, 1.165) is 61.1 Å². The zero-order chi connectivity index (χ0) is 57.5. The molecule has 2 fully saturated rings. The van der Waals surface area contributed by atoms with Crippen molar-refractivity contribution < 1.29 is 18.6 Å². The summed E-state index contributed by atoms with van der Waals surface area (Å²) in [5.74, 6) is 0. The van der Waals surface area contributed by atoms with Gasteiger partial charge < -0.3 is 28.1 Å². The average molecular weight is 1090 g/mol. The standard InChI is InChI=1S/C76H66B2N2O4/c1-71(2)61-28-18-14-25-55(61)58-39-38-53(46-64(58)71)79(67-31-21-17-24-54(67)48-22-12-11-13-23-48)52-36-32-47(33-37-52)49-34-40-69-65(42-49)76(62-29-19-15-26-56(62)57-27-16-20-30-63(57)76)66-45-51(78-83-74(7,8)75(9,10)84-78)44-60-59-43-50(35-41-68(59)80(69)70(60)66)77-81-72(3,4)73(5,6)82-77/h11-46H,1-10H3. The first kappa shape index (κ1) is 51.4. The van der Waals surface area contributed by atoms with E-state index in [2.05, 4.69) is 297 Å². The van der Waals surface area contributed by atoms with E-state index < -0.39 is 42.1 Å². The number of hydrogen-bond acceptors (Lipinski definition) is 5. The molecule has 1 spiro atoms. The van der Waals surface area contributed by atoms with Gasteiger partial charge in [0, 0.05) is 33.1 Å². The molecule has 4 heterocycles. The second-order valence-electron chi connectivity index (χ2n) is 26.5. The Balaban J connectivity index is 0.909. The minimum absolute atomic E-state index is 0.162. The molecule has 1 aromatic heterocycles. The number of nitrogens with zero attached hydrogens (tertiary/aromatic N) is 2. The third-order valence-electron chi connectivity index (χ3n) is 20.5. The molecule has 5 aliphatic rings. The molecule has 16 rings (SSSR count).